The van der Waals surface area contributed by atoms with Crippen LogP contribution in [0.5, 0.6) is 0 Å². The van der Waals surface area contributed by atoms with E-state index < -0.39 is 18.2 Å². The Labute approximate surface area is 142 Å². The van der Waals surface area contributed by atoms with Gasteiger partial charge in [0, 0.05) is 28.9 Å². The number of esters is 1. The molecule has 1 aliphatic rings. The molecule has 1 unspecified atom stereocenters. The lowest BCUT2D eigenvalue weighted by atomic mass is 9.99. The van der Waals surface area contributed by atoms with E-state index >= 15 is 0 Å². The van der Waals surface area contributed by atoms with Crippen molar-refractivity contribution in [3.05, 3.63) is 42.2 Å². The number of methoxy groups -OCH3 is 1. The fourth-order valence-electron chi connectivity index (χ4n) is 2.90. The summed E-state index contributed by atoms with van der Waals surface area (Å²) >= 11 is 0. The van der Waals surface area contributed by atoms with Crippen LogP contribution in [-0.4, -0.2) is 34.4 Å². The number of hydrogen-bond donors (Lipinski definition) is 2. The maximum absolute atomic E-state index is 11.8. The molecular formula is C17H14N4O4. The van der Waals surface area contributed by atoms with Crippen molar-refractivity contribution >= 4 is 28.7 Å². The second kappa shape index (κ2) is 5.90. The van der Waals surface area contributed by atoms with Gasteiger partial charge in [-0.3, -0.25) is 20.2 Å². The van der Waals surface area contributed by atoms with E-state index in [2.05, 4.69) is 20.5 Å². The number of ether oxygens (including phenoxy) is 2. The molecule has 1 amide bonds. The summed E-state index contributed by atoms with van der Waals surface area (Å²) in [5.74, 6) is -0.452. The Morgan fingerprint density at radius 1 is 1.32 bits per heavy atom. The first-order valence-electron chi connectivity index (χ1n) is 7.62. The highest BCUT2D eigenvalue weighted by molar-refractivity contribution is 5.99. The topological polar surface area (TPSA) is 106 Å². The highest BCUT2D eigenvalue weighted by Crippen LogP contribution is 2.38. The molecule has 2 aromatic heterocycles. The minimum Gasteiger partial charge on any atom is -0.469 e. The van der Waals surface area contributed by atoms with E-state index in [4.69, 9.17) is 9.47 Å². The van der Waals surface area contributed by atoms with Gasteiger partial charge in [0.15, 0.2) is 0 Å². The zero-order valence-corrected chi connectivity index (χ0v) is 13.3. The SMILES string of the molecule is COC(=O)CC1OC(=O)Nc2cc3[nH]nc(-c4ccncc4)c3cc21. The van der Waals surface area contributed by atoms with Crippen molar-refractivity contribution in [1.29, 1.82) is 0 Å². The van der Waals surface area contributed by atoms with Crippen molar-refractivity contribution in [3.63, 3.8) is 0 Å². The van der Waals surface area contributed by atoms with Gasteiger partial charge in [0.1, 0.15) is 11.8 Å². The largest absolute Gasteiger partial charge is 0.469 e. The van der Waals surface area contributed by atoms with E-state index in [9.17, 15) is 9.59 Å². The van der Waals surface area contributed by atoms with Crippen LogP contribution in [0.25, 0.3) is 22.2 Å². The van der Waals surface area contributed by atoms with E-state index in [1.165, 1.54) is 7.11 Å². The van der Waals surface area contributed by atoms with Gasteiger partial charge < -0.3 is 9.47 Å². The molecule has 0 bridgehead atoms. The number of rotatable bonds is 3. The Hall–Kier alpha value is -3.42. The van der Waals surface area contributed by atoms with Crippen LogP contribution in [0.4, 0.5) is 10.5 Å². The van der Waals surface area contributed by atoms with Crippen LogP contribution in [0, 0.1) is 0 Å². The number of aromatic amines is 1. The van der Waals surface area contributed by atoms with Crippen LogP contribution in [0.3, 0.4) is 0 Å². The summed E-state index contributed by atoms with van der Waals surface area (Å²) in [7, 11) is 1.30. The molecule has 8 heteroatoms. The molecule has 126 valence electrons. The molecule has 0 saturated heterocycles. The number of carbonyl (C=O) groups excluding carboxylic acids is 2. The number of anilines is 1. The molecule has 8 nitrogen and oxygen atoms in total. The average molecular weight is 338 g/mol. The molecule has 4 rings (SSSR count). The quantitative estimate of drug-likeness (QED) is 0.711. The van der Waals surface area contributed by atoms with E-state index in [1.807, 2.05) is 18.2 Å². The van der Waals surface area contributed by atoms with Gasteiger partial charge in [-0.2, -0.15) is 5.10 Å². The molecule has 1 aromatic carbocycles. The van der Waals surface area contributed by atoms with Gasteiger partial charge >= 0.3 is 12.1 Å². The summed E-state index contributed by atoms with van der Waals surface area (Å²) < 4.78 is 9.96. The van der Waals surface area contributed by atoms with Crippen LogP contribution in [-0.2, 0) is 14.3 Å². The summed E-state index contributed by atoms with van der Waals surface area (Å²) in [6.45, 7) is 0. The fraction of sp³-hybridized carbons (Fsp3) is 0.176. The minimum atomic E-state index is -0.708. The Morgan fingerprint density at radius 2 is 2.12 bits per heavy atom. The van der Waals surface area contributed by atoms with Crippen LogP contribution in [0.15, 0.2) is 36.7 Å². The Morgan fingerprint density at radius 3 is 2.88 bits per heavy atom. The smallest absolute Gasteiger partial charge is 0.412 e. The molecule has 1 atom stereocenters. The van der Waals surface area contributed by atoms with Gasteiger partial charge in [-0.05, 0) is 24.3 Å². The van der Waals surface area contributed by atoms with Crippen LogP contribution in [0.2, 0.25) is 0 Å². The molecule has 3 heterocycles. The lowest BCUT2D eigenvalue weighted by Crippen LogP contribution is -2.26. The summed E-state index contributed by atoms with van der Waals surface area (Å²) in [6, 6.07) is 7.38. The fourth-order valence-corrected chi connectivity index (χ4v) is 2.90. The summed E-state index contributed by atoms with van der Waals surface area (Å²) in [5, 5.41) is 10.8. The number of pyridine rings is 1. The van der Waals surface area contributed by atoms with Crippen LogP contribution < -0.4 is 5.32 Å². The Kier molecular flexibility index (Phi) is 3.57. The van der Waals surface area contributed by atoms with Crippen molar-refractivity contribution in [2.45, 2.75) is 12.5 Å². The van der Waals surface area contributed by atoms with Crippen molar-refractivity contribution in [2.24, 2.45) is 0 Å². The second-order valence-corrected chi connectivity index (χ2v) is 5.59. The zero-order chi connectivity index (χ0) is 17.4. The number of cyclic esters (lactones) is 1. The highest BCUT2D eigenvalue weighted by atomic mass is 16.6. The molecule has 3 aromatic rings. The first kappa shape index (κ1) is 15.1. The molecule has 0 radical (unpaired) electrons. The Bertz CT molecular complexity index is 967. The highest BCUT2D eigenvalue weighted by Gasteiger charge is 2.30. The zero-order valence-electron chi connectivity index (χ0n) is 13.3. The first-order chi connectivity index (χ1) is 12.2. The molecule has 25 heavy (non-hydrogen) atoms. The van der Waals surface area contributed by atoms with E-state index in [0.29, 0.717) is 11.3 Å². The first-order valence-corrected chi connectivity index (χ1v) is 7.62. The minimum absolute atomic E-state index is 0.0507. The maximum Gasteiger partial charge on any atom is 0.412 e. The van der Waals surface area contributed by atoms with Crippen LogP contribution >= 0.6 is 0 Å². The number of nitrogens with zero attached hydrogens (tertiary/aromatic N) is 2. The number of benzene rings is 1. The number of nitrogens with one attached hydrogen (secondary N) is 2. The third-order valence-corrected chi connectivity index (χ3v) is 4.10. The summed E-state index contributed by atoms with van der Waals surface area (Å²) in [6.07, 6.45) is 2.02. The average Bonchev–Trinajstić information content (AvgIpc) is 3.03. The normalized spacial score (nSPS) is 16.0. The predicted molar refractivity (Wildman–Crippen MR) is 88.8 cm³/mol. The lowest BCUT2D eigenvalue weighted by Gasteiger charge is -2.25. The van der Waals surface area contributed by atoms with Crippen LogP contribution in [0.1, 0.15) is 18.1 Å². The molecule has 0 fully saturated rings. The molecule has 0 aliphatic carbocycles. The predicted octanol–water partition coefficient (Wildman–Crippen LogP) is 2.79. The van der Waals surface area contributed by atoms with Gasteiger partial charge in [0.05, 0.1) is 24.7 Å². The number of hydrogen-bond acceptors (Lipinski definition) is 6. The van der Waals surface area contributed by atoms with Crippen molar-refractivity contribution in [1.82, 2.24) is 15.2 Å². The van der Waals surface area contributed by atoms with Gasteiger partial charge in [0.2, 0.25) is 0 Å². The number of amides is 1. The Balaban J connectivity index is 1.84. The number of aromatic nitrogens is 3. The maximum atomic E-state index is 11.8. The van der Waals surface area contributed by atoms with E-state index in [1.54, 1.807) is 18.5 Å². The van der Waals surface area contributed by atoms with E-state index in [0.717, 1.165) is 22.2 Å². The van der Waals surface area contributed by atoms with Gasteiger partial charge in [-0.15, -0.1) is 0 Å². The second-order valence-electron chi connectivity index (χ2n) is 5.59. The molecule has 0 spiro atoms. The molecule has 1 aliphatic heterocycles. The third-order valence-electron chi connectivity index (χ3n) is 4.10. The van der Waals surface area contributed by atoms with Gasteiger partial charge in [0.25, 0.3) is 0 Å². The van der Waals surface area contributed by atoms with Gasteiger partial charge in [-0.1, -0.05) is 0 Å². The number of fused-ring (bicyclic) bond motifs is 2. The lowest BCUT2D eigenvalue weighted by molar-refractivity contribution is -0.142. The number of carbonyl (C=O) groups is 2. The number of H-pyrrole nitrogens is 1. The third kappa shape index (κ3) is 2.67. The molecular weight excluding hydrogens is 324 g/mol. The molecule has 2 N–H and O–H groups in total. The van der Waals surface area contributed by atoms with Gasteiger partial charge in [-0.25, -0.2) is 4.79 Å². The van der Waals surface area contributed by atoms with Crippen molar-refractivity contribution in [2.75, 3.05) is 12.4 Å². The standard InChI is InChI=1S/C17H14N4O4/c1-24-15(22)8-14-10-6-11-13(7-12(10)19-17(23)25-14)20-21-16(11)9-2-4-18-5-3-9/h2-7,14H,8H2,1H3,(H,19,23)(H,20,21). The van der Waals surface area contributed by atoms with Crippen molar-refractivity contribution in [3.8, 4) is 11.3 Å². The van der Waals surface area contributed by atoms with Crippen molar-refractivity contribution < 1.29 is 19.1 Å². The summed E-state index contributed by atoms with van der Waals surface area (Å²) in [4.78, 5) is 27.4. The monoisotopic (exact) mass is 338 g/mol. The van der Waals surface area contributed by atoms with E-state index in [-0.39, 0.29) is 6.42 Å². The molecule has 0 saturated carbocycles. The summed E-state index contributed by atoms with van der Waals surface area (Å²) in [5.41, 5.74) is 3.72.